The van der Waals surface area contributed by atoms with E-state index in [4.69, 9.17) is 11.2 Å². The number of carbonyl (C=O) groups excluding carboxylic acids is 3. The molecule has 8 nitrogen and oxygen atoms in total. The molecule has 0 fully saturated rings. The van der Waals surface area contributed by atoms with E-state index < -0.39 is 35.6 Å². The molecule has 0 heterocycles. The van der Waals surface area contributed by atoms with E-state index in [2.05, 4.69) is 29.3 Å². The van der Waals surface area contributed by atoms with Crippen LogP contribution in [0.15, 0.2) is 24.3 Å². The fourth-order valence-electron chi connectivity index (χ4n) is 3.01. The van der Waals surface area contributed by atoms with Gasteiger partial charge in [-0.2, -0.15) is 12.6 Å². The molecule has 3 atom stereocenters. The summed E-state index contributed by atoms with van der Waals surface area (Å²) in [5, 5.41) is 15.6. The van der Waals surface area contributed by atoms with E-state index in [1.54, 1.807) is 32.9 Å². The molecular weight excluding hydrogens is 430 g/mol. The zero-order valence-corrected chi connectivity index (χ0v) is 20.1. The third kappa shape index (κ3) is 8.00. The molecular formula is C23H33N3O5S. The molecule has 0 spiro atoms. The minimum atomic E-state index is -1.31. The van der Waals surface area contributed by atoms with Crippen molar-refractivity contribution in [3.05, 3.63) is 29.8 Å². The van der Waals surface area contributed by atoms with Crippen LogP contribution in [0, 0.1) is 12.5 Å². The highest BCUT2D eigenvalue weighted by atomic mass is 32.1. The lowest BCUT2D eigenvalue weighted by Crippen LogP contribution is -2.52. The molecule has 1 aromatic carbocycles. The Balaban J connectivity index is 3.28. The number of terminal acetylenes is 1. The Morgan fingerprint density at radius 3 is 2.38 bits per heavy atom. The standard InChI is InChI=1S/C23H33N3O5S/c1-7-11-15(3)24-20(28)19(16-12-9-10-13-18(16)27)26(8-2)21(29)17(14-32)25-22(30)31-23(4,5)6/h2,9-10,12-13,15,17,19,27,32H,7,11,14H2,1,3-6H3,(H,24,28)(H,25,30). The first kappa shape index (κ1) is 27.2. The summed E-state index contributed by atoms with van der Waals surface area (Å²) in [7, 11) is 0. The number of benzene rings is 1. The van der Waals surface area contributed by atoms with Crippen LogP contribution in [0.5, 0.6) is 5.75 Å². The molecule has 0 aliphatic carbocycles. The predicted molar refractivity (Wildman–Crippen MR) is 126 cm³/mol. The maximum Gasteiger partial charge on any atom is 0.408 e. The van der Waals surface area contributed by atoms with E-state index >= 15 is 0 Å². The van der Waals surface area contributed by atoms with E-state index in [1.807, 2.05) is 13.8 Å². The largest absolute Gasteiger partial charge is 0.508 e. The summed E-state index contributed by atoms with van der Waals surface area (Å²) in [5.74, 6) is -1.56. The Kier molecular flexibility index (Phi) is 10.4. The van der Waals surface area contributed by atoms with Crippen LogP contribution in [-0.4, -0.2) is 51.4 Å². The van der Waals surface area contributed by atoms with Crippen molar-refractivity contribution in [2.45, 2.75) is 71.2 Å². The van der Waals surface area contributed by atoms with E-state index in [0.29, 0.717) is 0 Å². The Bertz CT molecular complexity index is 847. The molecule has 3 amide bonds. The van der Waals surface area contributed by atoms with Crippen molar-refractivity contribution in [3.8, 4) is 18.2 Å². The topological polar surface area (TPSA) is 108 Å². The summed E-state index contributed by atoms with van der Waals surface area (Å²) in [4.78, 5) is 39.5. The number of nitrogens with zero attached hydrogens (tertiary/aromatic N) is 1. The van der Waals surface area contributed by atoms with E-state index in [0.717, 1.165) is 17.7 Å². The van der Waals surface area contributed by atoms with E-state index in [9.17, 15) is 19.5 Å². The summed E-state index contributed by atoms with van der Waals surface area (Å²) >= 11 is 4.15. The van der Waals surface area contributed by atoms with Crippen LogP contribution in [-0.2, 0) is 14.3 Å². The van der Waals surface area contributed by atoms with Gasteiger partial charge in [-0.1, -0.05) is 38.0 Å². The minimum Gasteiger partial charge on any atom is -0.508 e. The molecule has 0 aliphatic heterocycles. The number of nitrogens with one attached hydrogen (secondary N) is 2. The Hall–Kier alpha value is -2.86. The normalized spacial score (nSPS) is 13.8. The van der Waals surface area contributed by atoms with Crippen LogP contribution in [0.3, 0.4) is 0 Å². The first-order valence-electron chi connectivity index (χ1n) is 10.4. The SMILES string of the molecule is C#CN(C(=O)C(CS)NC(=O)OC(C)(C)C)C(C(=O)NC(C)CCC)c1ccccc1O. The zero-order chi connectivity index (χ0) is 24.5. The fraction of sp³-hybridized carbons (Fsp3) is 0.522. The second kappa shape index (κ2) is 12.2. The zero-order valence-electron chi connectivity index (χ0n) is 19.2. The van der Waals surface area contributed by atoms with Crippen molar-refractivity contribution >= 4 is 30.5 Å². The molecule has 0 saturated carbocycles. The summed E-state index contributed by atoms with van der Waals surface area (Å²) in [6.07, 6.45) is 6.40. The van der Waals surface area contributed by atoms with Gasteiger partial charge in [0.15, 0.2) is 6.04 Å². The Morgan fingerprint density at radius 2 is 1.88 bits per heavy atom. The van der Waals surface area contributed by atoms with Crippen LogP contribution >= 0.6 is 12.6 Å². The maximum absolute atomic E-state index is 13.3. The van der Waals surface area contributed by atoms with Gasteiger partial charge in [0.1, 0.15) is 17.4 Å². The van der Waals surface area contributed by atoms with Crippen molar-refractivity contribution < 1.29 is 24.2 Å². The summed E-state index contributed by atoms with van der Waals surface area (Å²) in [6, 6.07) is 5.73. The van der Waals surface area contributed by atoms with E-state index in [-0.39, 0.29) is 23.1 Å². The van der Waals surface area contributed by atoms with Gasteiger partial charge in [0.05, 0.1) is 0 Å². The quantitative estimate of drug-likeness (QED) is 0.256. The van der Waals surface area contributed by atoms with Gasteiger partial charge in [0.2, 0.25) is 5.91 Å². The second-order valence-corrected chi connectivity index (χ2v) is 8.74. The number of thiol groups is 1. The second-order valence-electron chi connectivity index (χ2n) is 8.38. The predicted octanol–water partition coefficient (Wildman–Crippen LogP) is 2.98. The highest BCUT2D eigenvalue weighted by Crippen LogP contribution is 2.29. The Labute approximate surface area is 195 Å². The molecule has 0 radical (unpaired) electrons. The highest BCUT2D eigenvalue weighted by molar-refractivity contribution is 7.80. The van der Waals surface area contributed by atoms with Crippen LogP contribution in [0.4, 0.5) is 4.79 Å². The third-order valence-electron chi connectivity index (χ3n) is 4.40. The lowest BCUT2D eigenvalue weighted by molar-refractivity contribution is -0.138. The molecule has 3 unspecified atom stereocenters. The summed E-state index contributed by atoms with van der Waals surface area (Å²) < 4.78 is 5.20. The molecule has 9 heteroatoms. The number of aromatic hydroxyl groups is 1. The van der Waals surface area contributed by atoms with Crippen molar-refractivity contribution in [2.24, 2.45) is 0 Å². The van der Waals surface area contributed by atoms with Gasteiger partial charge >= 0.3 is 6.09 Å². The summed E-state index contributed by atoms with van der Waals surface area (Å²) in [5.41, 5.74) is -0.608. The van der Waals surface area contributed by atoms with Gasteiger partial charge < -0.3 is 20.5 Å². The molecule has 3 N–H and O–H groups in total. The number of hydrogen-bond donors (Lipinski definition) is 4. The number of hydrogen-bond acceptors (Lipinski definition) is 6. The number of carbonyl (C=O) groups is 3. The molecule has 176 valence electrons. The summed E-state index contributed by atoms with van der Waals surface area (Å²) in [6.45, 7) is 8.89. The highest BCUT2D eigenvalue weighted by Gasteiger charge is 2.37. The monoisotopic (exact) mass is 463 g/mol. The van der Waals surface area contributed by atoms with Crippen molar-refractivity contribution in [1.29, 1.82) is 0 Å². The number of phenols is 1. The fourth-order valence-corrected chi connectivity index (χ4v) is 3.26. The average Bonchev–Trinajstić information content (AvgIpc) is 2.69. The van der Waals surface area contributed by atoms with Crippen molar-refractivity contribution in [2.75, 3.05) is 5.75 Å². The lowest BCUT2D eigenvalue weighted by Gasteiger charge is -2.31. The van der Waals surface area contributed by atoms with Gasteiger partial charge in [0.25, 0.3) is 5.91 Å². The van der Waals surface area contributed by atoms with Crippen LogP contribution in [0.2, 0.25) is 0 Å². The maximum atomic E-state index is 13.3. The Morgan fingerprint density at radius 1 is 1.25 bits per heavy atom. The van der Waals surface area contributed by atoms with Gasteiger partial charge in [0, 0.05) is 23.4 Å². The van der Waals surface area contributed by atoms with Gasteiger partial charge in [-0.05, 0) is 40.2 Å². The van der Waals surface area contributed by atoms with Crippen LogP contribution in [0.25, 0.3) is 0 Å². The first-order chi connectivity index (χ1) is 14.9. The van der Waals surface area contributed by atoms with Crippen LogP contribution in [0.1, 0.15) is 59.1 Å². The van der Waals surface area contributed by atoms with Gasteiger partial charge in [-0.15, -0.1) is 0 Å². The molecule has 0 saturated heterocycles. The van der Waals surface area contributed by atoms with Gasteiger partial charge in [-0.25, -0.2) is 4.79 Å². The third-order valence-corrected chi connectivity index (χ3v) is 4.76. The number of alkyl carbamates (subject to hydrolysis) is 1. The van der Waals surface area contributed by atoms with Crippen molar-refractivity contribution in [3.63, 3.8) is 0 Å². The smallest absolute Gasteiger partial charge is 0.408 e. The number of ether oxygens (including phenoxy) is 1. The minimum absolute atomic E-state index is 0.0857. The molecule has 0 aliphatic rings. The number of para-hydroxylation sites is 1. The molecule has 1 aromatic rings. The molecule has 0 bridgehead atoms. The number of amides is 3. The lowest BCUT2D eigenvalue weighted by atomic mass is 10.0. The molecule has 0 aromatic heterocycles. The first-order valence-corrected chi connectivity index (χ1v) is 11.1. The van der Waals surface area contributed by atoms with E-state index in [1.165, 1.54) is 12.1 Å². The molecule has 32 heavy (non-hydrogen) atoms. The number of phenolic OH excluding ortho intramolecular Hbond substituents is 1. The average molecular weight is 464 g/mol. The van der Waals surface area contributed by atoms with Gasteiger partial charge in [-0.3, -0.25) is 14.5 Å². The van der Waals surface area contributed by atoms with Crippen molar-refractivity contribution in [1.82, 2.24) is 15.5 Å². The van der Waals surface area contributed by atoms with Crippen LogP contribution < -0.4 is 10.6 Å². The number of rotatable bonds is 9. The molecule has 1 rings (SSSR count).